The second-order valence-corrected chi connectivity index (χ2v) is 3.83. The van der Waals surface area contributed by atoms with Crippen LogP contribution in [0.25, 0.3) is 11.1 Å². The van der Waals surface area contributed by atoms with Crippen LogP contribution in [0.1, 0.15) is 17.3 Å². The number of nitrogens with zero attached hydrogens (tertiary/aromatic N) is 1. The Balaban J connectivity index is 2.32. The maximum absolute atomic E-state index is 12.8. The molecule has 0 unspecified atom stereocenters. The molecule has 0 aliphatic rings. The van der Waals surface area contributed by atoms with Gasteiger partial charge in [0.05, 0.1) is 5.56 Å². The highest BCUT2D eigenvalue weighted by Gasteiger charge is 2.06. The molecule has 1 amide bonds. The molecule has 0 radical (unpaired) electrons. The largest absolute Gasteiger partial charge is 0.352 e. The molecule has 4 heteroatoms. The Morgan fingerprint density at radius 2 is 1.94 bits per heavy atom. The third-order valence-corrected chi connectivity index (χ3v) is 2.52. The van der Waals surface area contributed by atoms with E-state index in [0.29, 0.717) is 12.1 Å². The highest BCUT2D eigenvalue weighted by Crippen LogP contribution is 2.19. The molecular weight excluding hydrogens is 231 g/mol. The van der Waals surface area contributed by atoms with E-state index in [2.05, 4.69) is 10.3 Å². The van der Waals surface area contributed by atoms with Crippen molar-refractivity contribution in [2.24, 2.45) is 0 Å². The number of carbonyl (C=O) groups excluding carboxylic acids is 1. The predicted molar refractivity (Wildman–Crippen MR) is 67.6 cm³/mol. The Bertz CT molecular complexity index is 552. The number of pyridine rings is 1. The van der Waals surface area contributed by atoms with Gasteiger partial charge in [-0.25, -0.2) is 4.39 Å². The lowest BCUT2D eigenvalue weighted by molar-refractivity contribution is 0.0955. The number of hydrogen-bond acceptors (Lipinski definition) is 2. The summed E-state index contributed by atoms with van der Waals surface area (Å²) in [6.07, 6.45) is 3.16. The van der Waals surface area contributed by atoms with Crippen LogP contribution < -0.4 is 5.32 Å². The quantitative estimate of drug-likeness (QED) is 0.901. The maximum Gasteiger partial charge on any atom is 0.252 e. The Morgan fingerprint density at radius 3 is 2.61 bits per heavy atom. The zero-order valence-corrected chi connectivity index (χ0v) is 9.98. The van der Waals surface area contributed by atoms with Crippen molar-refractivity contribution in [2.45, 2.75) is 6.92 Å². The first-order valence-corrected chi connectivity index (χ1v) is 5.70. The molecule has 1 heterocycles. The summed E-state index contributed by atoms with van der Waals surface area (Å²) >= 11 is 0. The minimum Gasteiger partial charge on any atom is -0.352 e. The topological polar surface area (TPSA) is 42.0 Å². The van der Waals surface area contributed by atoms with Crippen molar-refractivity contribution in [3.05, 3.63) is 54.1 Å². The predicted octanol–water partition coefficient (Wildman–Crippen LogP) is 2.64. The highest BCUT2D eigenvalue weighted by molar-refractivity contribution is 5.94. The van der Waals surface area contributed by atoms with Crippen LogP contribution in [0, 0.1) is 5.82 Å². The number of nitrogens with one attached hydrogen (secondary N) is 1. The van der Waals surface area contributed by atoms with E-state index in [1.807, 2.05) is 6.92 Å². The number of hydrogen-bond donors (Lipinski definition) is 1. The normalized spacial score (nSPS) is 10.1. The molecule has 2 rings (SSSR count). The van der Waals surface area contributed by atoms with Gasteiger partial charge in [0.1, 0.15) is 5.82 Å². The Hall–Kier alpha value is -2.23. The van der Waals surface area contributed by atoms with E-state index in [1.165, 1.54) is 18.3 Å². The van der Waals surface area contributed by atoms with Crippen molar-refractivity contribution in [1.82, 2.24) is 10.3 Å². The fourth-order valence-electron chi connectivity index (χ4n) is 1.63. The van der Waals surface area contributed by atoms with Gasteiger partial charge in [-0.2, -0.15) is 0 Å². The number of halogens is 1. The molecule has 0 saturated carbocycles. The number of rotatable bonds is 3. The summed E-state index contributed by atoms with van der Waals surface area (Å²) in [4.78, 5) is 15.7. The molecule has 1 N–H and O–H groups in total. The average molecular weight is 244 g/mol. The summed E-state index contributed by atoms with van der Waals surface area (Å²) in [6, 6.07) is 7.83. The van der Waals surface area contributed by atoms with Crippen LogP contribution in [0.5, 0.6) is 0 Å². The van der Waals surface area contributed by atoms with Crippen molar-refractivity contribution >= 4 is 5.91 Å². The number of aromatic nitrogens is 1. The standard InChI is InChI=1S/C14H13FN2O/c1-2-17-14(18)12-7-11(8-16-9-12)10-3-5-13(15)6-4-10/h3-9H,2H2,1H3,(H,17,18). The molecular formula is C14H13FN2O. The SMILES string of the molecule is CCNC(=O)c1cncc(-c2ccc(F)cc2)c1. The molecule has 3 nitrogen and oxygen atoms in total. The number of carbonyl (C=O) groups is 1. The molecule has 0 bridgehead atoms. The molecule has 1 aromatic heterocycles. The van der Waals surface area contributed by atoms with E-state index in [0.717, 1.165) is 11.1 Å². The molecule has 18 heavy (non-hydrogen) atoms. The van der Waals surface area contributed by atoms with Gasteiger partial charge in [0.15, 0.2) is 0 Å². The zero-order valence-electron chi connectivity index (χ0n) is 9.98. The second-order valence-electron chi connectivity index (χ2n) is 3.83. The van der Waals surface area contributed by atoms with Gasteiger partial charge >= 0.3 is 0 Å². The summed E-state index contributed by atoms with van der Waals surface area (Å²) in [7, 11) is 0. The molecule has 92 valence electrons. The van der Waals surface area contributed by atoms with Gasteiger partial charge in [-0.3, -0.25) is 9.78 Å². The lowest BCUT2D eigenvalue weighted by Crippen LogP contribution is -2.22. The number of amides is 1. The lowest BCUT2D eigenvalue weighted by atomic mass is 10.1. The third-order valence-electron chi connectivity index (χ3n) is 2.52. The fourth-order valence-corrected chi connectivity index (χ4v) is 1.63. The van der Waals surface area contributed by atoms with Crippen molar-refractivity contribution < 1.29 is 9.18 Å². The molecule has 0 spiro atoms. The van der Waals surface area contributed by atoms with Crippen molar-refractivity contribution in [2.75, 3.05) is 6.54 Å². The van der Waals surface area contributed by atoms with Gasteiger partial charge in [0.25, 0.3) is 5.91 Å². The lowest BCUT2D eigenvalue weighted by Gasteiger charge is -2.05. The molecule has 2 aromatic rings. The Kier molecular flexibility index (Phi) is 3.67. The maximum atomic E-state index is 12.8. The van der Waals surface area contributed by atoms with E-state index in [4.69, 9.17) is 0 Å². The van der Waals surface area contributed by atoms with E-state index in [9.17, 15) is 9.18 Å². The van der Waals surface area contributed by atoms with Crippen LogP contribution in [-0.4, -0.2) is 17.4 Å². The van der Waals surface area contributed by atoms with E-state index in [1.54, 1.807) is 24.4 Å². The molecule has 1 aromatic carbocycles. The number of benzene rings is 1. The highest BCUT2D eigenvalue weighted by atomic mass is 19.1. The summed E-state index contributed by atoms with van der Waals surface area (Å²) in [5.41, 5.74) is 2.12. The van der Waals surface area contributed by atoms with Crippen LogP contribution in [0.15, 0.2) is 42.7 Å². The summed E-state index contributed by atoms with van der Waals surface area (Å²) in [6.45, 7) is 2.43. The van der Waals surface area contributed by atoms with Crippen molar-refractivity contribution in [3.63, 3.8) is 0 Å². The third kappa shape index (κ3) is 2.71. The Labute approximate surface area is 105 Å². The van der Waals surface area contributed by atoms with Crippen molar-refractivity contribution in [3.8, 4) is 11.1 Å². The molecule has 0 atom stereocenters. The van der Waals surface area contributed by atoms with Gasteiger partial charge in [0, 0.05) is 24.5 Å². The van der Waals surface area contributed by atoms with Crippen LogP contribution in [0.2, 0.25) is 0 Å². The molecule has 0 saturated heterocycles. The molecule has 0 aliphatic carbocycles. The average Bonchev–Trinajstić information content (AvgIpc) is 2.40. The first kappa shape index (κ1) is 12.2. The van der Waals surface area contributed by atoms with Gasteiger partial charge in [-0.1, -0.05) is 12.1 Å². The van der Waals surface area contributed by atoms with Gasteiger partial charge in [-0.05, 0) is 30.7 Å². The van der Waals surface area contributed by atoms with Gasteiger partial charge < -0.3 is 5.32 Å². The van der Waals surface area contributed by atoms with Crippen molar-refractivity contribution in [1.29, 1.82) is 0 Å². The van der Waals surface area contributed by atoms with Crippen LogP contribution >= 0.6 is 0 Å². The minimum absolute atomic E-state index is 0.158. The Morgan fingerprint density at radius 1 is 1.22 bits per heavy atom. The van der Waals surface area contributed by atoms with Crippen LogP contribution in [0.3, 0.4) is 0 Å². The van der Waals surface area contributed by atoms with E-state index >= 15 is 0 Å². The van der Waals surface area contributed by atoms with Gasteiger partial charge in [-0.15, -0.1) is 0 Å². The molecule has 0 aliphatic heterocycles. The molecule has 0 fully saturated rings. The zero-order chi connectivity index (χ0) is 13.0. The minimum atomic E-state index is -0.286. The summed E-state index contributed by atoms with van der Waals surface area (Å²) in [5, 5.41) is 2.71. The summed E-state index contributed by atoms with van der Waals surface area (Å²) < 4.78 is 12.8. The fraction of sp³-hybridized carbons (Fsp3) is 0.143. The smallest absolute Gasteiger partial charge is 0.252 e. The first-order valence-electron chi connectivity index (χ1n) is 5.70. The van der Waals surface area contributed by atoms with Crippen LogP contribution in [0.4, 0.5) is 4.39 Å². The first-order chi connectivity index (χ1) is 8.70. The van der Waals surface area contributed by atoms with E-state index in [-0.39, 0.29) is 11.7 Å². The summed E-state index contributed by atoms with van der Waals surface area (Å²) in [5.74, 6) is -0.444. The van der Waals surface area contributed by atoms with Gasteiger partial charge in [0.2, 0.25) is 0 Å². The van der Waals surface area contributed by atoms with E-state index < -0.39 is 0 Å². The van der Waals surface area contributed by atoms with Crippen LogP contribution in [-0.2, 0) is 0 Å². The second kappa shape index (κ2) is 5.40. The monoisotopic (exact) mass is 244 g/mol.